The molecule has 1 N–H and O–H groups in total. The Bertz CT molecular complexity index is 151. The first-order valence-corrected chi connectivity index (χ1v) is 4.59. The highest BCUT2D eigenvalue weighted by Gasteiger charge is 2.06. The van der Waals surface area contributed by atoms with E-state index in [0.717, 1.165) is 6.54 Å². The molecule has 0 bridgehead atoms. The first kappa shape index (κ1) is 12.4. The summed E-state index contributed by atoms with van der Waals surface area (Å²) in [6, 6.07) is 0. The Morgan fingerprint density at radius 3 is 2.69 bits per heavy atom. The zero-order chi connectivity index (χ0) is 10.3. The van der Waals surface area contributed by atoms with Gasteiger partial charge in [-0.15, -0.1) is 0 Å². The summed E-state index contributed by atoms with van der Waals surface area (Å²) in [6.45, 7) is 5.76. The number of carbonyl (C=O) groups is 1. The minimum Gasteiger partial charge on any atom is -0.380 e. The van der Waals surface area contributed by atoms with Crippen LogP contribution in [0.1, 0.15) is 13.8 Å². The van der Waals surface area contributed by atoms with Crippen molar-refractivity contribution in [2.45, 2.75) is 20.0 Å². The van der Waals surface area contributed by atoms with Crippen molar-refractivity contribution in [3.05, 3.63) is 0 Å². The van der Waals surface area contributed by atoms with Gasteiger partial charge in [0, 0.05) is 27.2 Å². The molecule has 0 aromatic carbocycles. The van der Waals surface area contributed by atoms with Crippen LogP contribution in [-0.2, 0) is 9.53 Å². The highest BCUT2D eigenvalue weighted by molar-refractivity contribution is 5.77. The van der Waals surface area contributed by atoms with Crippen molar-refractivity contribution < 1.29 is 9.53 Å². The molecule has 0 aromatic rings. The van der Waals surface area contributed by atoms with Crippen molar-refractivity contribution in [1.82, 2.24) is 10.2 Å². The molecule has 0 saturated carbocycles. The van der Waals surface area contributed by atoms with Gasteiger partial charge in [-0.2, -0.15) is 0 Å². The van der Waals surface area contributed by atoms with Crippen LogP contribution >= 0.6 is 0 Å². The third-order valence-electron chi connectivity index (χ3n) is 2.01. The van der Waals surface area contributed by atoms with Crippen molar-refractivity contribution in [2.75, 3.05) is 33.8 Å². The van der Waals surface area contributed by atoms with Gasteiger partial charge in [0.25, 0.3) is 0 Å². The maximum atomic E-state index is 11.3. The number of nitrogens with one attached hydrogen (secondary N) is 1. The molecular weight excluding hydrogens is 168 g/mol. The van der Waals surface area contributed by atoms with Crippen LogP contribution in [0.25, 0.3) is 0 Å². The molecule has 1 atom stereocenters. The summed E-state index contributed by atoms with van der Waals surface area (Å²) in [7, 11) is 3.45. The first-order chi connectivity index (χ1) is 6.11. The summed E-state index contributed by atoms with van der Waals surface area (Å²) in [6.07, 6.45) is 0.153. The largest absolute Gasteiger partial charge is 0.380 e. The Balaban J connectivity index is 3.47. The molecule has 0 aliphatic carbocycles. The Labute approximate surface area is 80.2 Å². The van der Waals surface area contributed by atoms with Gasteiger partial charge in [-0.1, -0.05) is 0 Å². The van der Waals surface area contributed by atoms with E-state index in [9.17, 15) is 4.79 Å². The summed E-state index contributed by atoms with van der Waals surface area (Å²) >= 11 is 0. The molecule has 78 valence electrons. The first-order valence-electron chi connectivity index (χ1n) is 4.59. The van der Waals surface area contributed by atoms with Crippen LogP contribution in [0.5, 0.6) is 0 Å². The second-order valence-corrected chi connectivity index (χ2v) is 3.09. The maximum Gasteiger partial charge on any atom is 0.236 e. The van der Waals surface area contributed by atoms with Gasteiger partial charge in [-0.05, 0) is 13.8 Å². The van der Waals surface area contributed by atoms with Crippen LogP contribution in [0.4, 0.5) is 0 Å². The lowest BCUT2D eigenvalue weighted by Crippen LogP contribution is -2.38. The van der Waals surface area contributed by atoms with Gasteiger partial charge < -0.3 is 15.0 Å². The molecule has 0 rings (SSSR count). The highest BCUT2D eigenvalue weighted by atomic mass is 16.5. The van der Waals surface area contributed by atoms with E-state index in [1.807, 2.05) is 13.8 Å². The zero-order valence-electron chi connectivity index (χ0n) is 8.96. The predicted molar refractivity (Wildman–Crippen MR) is 52.7 cm³/mol. The smallest absolute Gasteiger partial charge is 0.236 e. The van der Waals surface area contributed by atoms with Gasteiger partial charge >= 0.3 is 0 Å². The van der Waals surface area contributed by atoms with E-state index in [1.165, 1.54) is 0 Å². The van der Waals surface area contributed by atoms with Gasteiger partial charge in [0.05, 0.1) is 12.6 Å². The van der Waals surface area contributed by atoms with Crippen LogP contribution in [-0.4, -0.2) is 50.7 Å². The van der Waals surface area contributed by atoms with Gasteiger partial charge in [-0.25, -0.2) is 0 Å². The average Bonchev–Trinajstić information content (AvgIpc) is 2.15. The maximum absolute atomic E-state index is 11.3. The molecule has 0 radical (unpaired) electrons. The van der Waals surface area contributed by atoms with E-state index in [2.05, 4.69) is 5.32 Å². The summed E-state index contributed by atoms with van der Waals surface area (Å²) in [4.78, 5) is 13.0. The van der Waals surface area contributed by atoms with Crippen molar-refractivity contribution >= 4 is 5.91 Å². The fraction of sp³-hybridized carbons (Fsp3) is 0.889. The molecular formula is C9H20N2O2. The van der Waals surface area contributed by atoms with Gasteiger partial charge in [0.2, 0.25) is 5.91 Å². The molecule has 0 spiro atoms. The number of carbonyl (C=O) groups excluding carboxylic acids is 1. The Morgan fingerprint density at radius 2 is 2.23 bits per heavy atom. The van der Waals surface area contributed by atoms with Crippen molar-refractivity contribution in [2.24, 2.45) is 0 Å². The molecule has 0 fully saturated rings. The third kappa shape index (κ3) is 5.60. The predicted octanol–water partition coefficient (Wildman–Crippen LogP) is 0.0892. The van der Waals surface area contributed by atoms with Crippen LogP contribution in [0, 0.1) is 0 Å². The lowest BCUT2D eigenvalue weighted by molar-refractivity contribution is -0.128. The fourth-order valence-electron chi connectivity index (χ4n) is 0.777. The molecule has 0 aromatic heterocycles. The summed E-state index contributed by atoms with van der Waals surface area (Å²) < 4.78 is 5.03. The van der Waals surface area contributed by atoms with E-state index in [4.69, 9.17) is 4.74 Å². The molecule has 0 heterocycles. The average molecular weight is 188 g/mol. The lowest BCUT2D eigenvalue weighted by atomic mass is 10.4. The monoisotopic (exact) mass is 188 g/mol. The SMILES string of the molecule is CCN(C)C(=O)CNCC(C)OC. The normalized spacial score (nSPS) is 12.6. The number of hydrogen-bond donors (Lipinski definition) is 1. The lowest BCUT2D eigenvalue weighted by Gasteiger charge is -2.16. The number of methoxy groups -OCH3 is 1. The number of hydrogen-bond acceptors (Lipinski definition) is 3. The van der Waals surface area contributed by atoms with Crippen molar-refractivity contribution in [3.63, 3.8) is 0 Å². The van der Waals surface area contributed by atoms with Crippen LogP contribution in [0.2, 0.25) is 0 Å². The number of ether oxygens (including phenoxy) is 1. The van der Waals surface area contributed by atoms with E-state index in [0.29, 0.717) is 13.1 Å². The molecule has 0 saturated heterocycles. The zero-order valence-corrected chi connectivity index (χ0v) is 8.96. The van der Waals surface area contributed by atoms with Gasteiger partial charge in [0.1, 0.15) is 0 Å². The summed E-state index contributed by atoms with van der Waals surface area (Å²) in [5.41, 5.74) is 0. The fourth-order valence-corrected chi connectivity index (χ4v) is 0.777. The topological polar surface area (TPSA) is 41.6 Å². The van der Waals surface area contributed by atoms with E-state index in [1.54, 1.807) is 19.1 Å². The molecule has 0 aliphatic heterocycles. The van der Waals surface area contributed by atoms with Crippen LogP contribution in [0.15, 0.2) is 0 Å². The summed E-state index contributed by atoms with van der Waals surface area (Å²) in [5, 5.41) is 3.03. The molecule has 0 aliphatic rings. The summed E-state index contributed by atoms with van der Waals surface area (Å²) in [5.74, 6) is 0.116. The van der Waals surface area contributed by atoms with Crippen LogP contribution in [0.3, 0.4) is 0 Å². The van der Waals surface area contributed by atoms with Crippen molar-refractivity contribution in [1.29, 1.82) is 0 Å². The molecule has 13 heavy (non-hydrogen) atoms. The Hall–Kier alpha value is -0.610. The Morgan fingerprint density at radius 1 is 1.62 bits per heavy atom. The van der Waals surface area contributed by atoms with Gasteiger partial charge in [0.15, 0.2) is 0 Å². The van der Waals surface area contributed by atoms with E-state index >= 15 is 0 Å². The minimum absolute atomic E-state index is 0.116. The second kappa shape index (κ2) is 6.86. The third-order valence-corrected chi connectivity index (χ3v) is 2.01. The quantitative estimate of drug-likeness (QED) is 0.642. The van der Waals surface area contributed by atoms with E-state index < -0.39 is 0 Å². The minimum atomic E-state index is 0.116. The number of rotatable bonds is 6. The van der Waals surface area contributed by atoms with Crippen LogP contribution < -0.4 is 5.32 Å². The molecule has 1 unspecified atom stereocenters. The van der Waals surface area contributed by atoms with E-state index in [-0.39, 0.29) is 12.0 Å². The van der Waals surface area contributed by atoms with Gasteiger partial charge in [-0.3, -0.25) is 4.79 Å². The standard InChI is InChI=1S/C9H20N2O2/c1-5-11(3)9(12)7-10-6-8(2)13-4/h8,10H,5-7H2,1-4H3. The Kier molecular flexibility index (Phi) is 6.54. The second-order valence-electron chi connectivity index (χ2n) is 3.09. The number of amides is 1. The number of likely N-dealkylation sites (N-methyl/N-ethyl adjacent to an activating group) is 1. The molecule has 4 nitrogen and oxygen atoms in total. The highest BCUT2D eigenvalue weighted by Crippen LogP contribution is 1.85. The van der Waals surface area contributed by atoms with Crippen molar-refractivity contribution in [3.8, 4) is 0 Å². The molecule has 4 heteroatoms. The molecule has 1 amide bonds. The number of nitrogens with zero attached hydrogens (tertiary/aromatic N) is 1.